The molecule has 5 nitrogen and oxygen atoms in total. The van der Waals surface area contributed by atoms with Crippen LogP contribution in [-0.2, 0) is 14.3 Å². The number of nitrogens with one attached hydrogen (secondary N) is 2. The van der Waals surface area contributed by atoms with E-state index in [0.29, 0.717) is 18.9 Å². The molecule has 17 heavy (non-hydrogen) atoms. The van der Waals surface area contributed by atoms with Crippen molar-refractivity contribution in [1.82, 2.24) is 10.6 Å². The van der Waals surface area contributed by atoms with Crippen LogP contribution in [0, 0.1) is 11.8 Å². The molecule has 1 rings (SSSR count). The summed E-state index contributed by atoms with van der Waals surface area (Å²) in [4.78, 5) is 23.4. The summed E-state index contributed by atoms with van der Waals surface area (Å²) in [5.74, 6) is -0.0977. The summed E-state index contributed by atoms with van der Waals surface area (Å²) in [5.41, 5.74) is 0. The fourth-order valence-electron chi connectivity index (χ4n) is 2.00. The van der Waals surface area contributed by atoms with Gasteiger partial charge in [-0.3, -0.25) is 4.79 Å². The lowest BCUT2D eigenvalue weighted by Gasteiger charge is -2.20. The second-order valence-electron chi connectivity index (χ2n) is 4.90. The topological polar surface area (TPSA) is 67.4 Å². The van der Waals surface area contributed by atoms with E-state index in [2.05, 4.69) is 10.6 Å². The minimum absolute atomic E-state index is 0.0191. The number of ether oxygens (including phenoxy) is 1. The Morgan fingerprint density at radius 1 is 1.47 bits per heavy atom. The van der Waals surface area contributed by atoms with Crippen molar-refractivity contribution in [3.8, 4) is 0 Å². The third-order valence-corrected chi connectivity index (χ3v) is 2.94. The van der Waals surface area contributed by atoms with Gasteiger partial charge in [0.2, 0.25) is 5.91 Å². The minimum Gasteiger partial charge on any atom is -0.467 e. The Balaban J connectivity index is 2.52. The Labute approximate surface area is 102 Å². The Kier molecular flexibility index (Phi) is 5.41. The SMILES string of the molecule is COC(=O)[C@H](CC(C)C)NC(=O)C1CCNC1. The number of amides is 1. The first-order valence-corrected chi connectivity index (χ1v) is 6.13. The van der Waals surface area contributed by atoms with Crippen LogP contribution in [0.25, 0.3) is 0 Å². The molecule has 98 valence electrons. The molecule has 1 heterocycles. The van der Waals surface area contributed by atoms with Gasteiger partial charge in [0.05, 0.1) is 13.0 Å². The molecule has 0 aromatic rings. The van der Waals surface area contributed by atoms with Crippen LogP contribution in [0.5, 0.6) is 0 Å². The van der Waals surface area contributed by atoms with Gasteiger partial charge in [-0.25, -0.2) is 4.79 Å². The van der Waals surface area contributed by atoms with Crippen LogP contribution < -0.4 is 10.6 Å². The van der Waals surface area contributed by atoms with Crippen molar-refractivity contribution >= 4 is 11.9 Å². The standard InChI is InChI=1S/C12H22N2O3/c1-8(2)6-10(12(16)17-3)14-11(15)9-4-5-13-7-9/h8-10,13H,4-7H2,1-3H3,(H,14,15)/t9?,10-/m0/s1. The zero-order valence-electron chi connectivity index (χ0n) is 10.8. The second kappa shape index (κ2) is 6.59. The van der Waals surface area contributed by atoms with E-state index < -0.39 is 6.04 Å². The average Bonchev–Trinajstić information content (AvgIpc) is 2.79. The molecule has 0 aromatic heterocycles. The quantitative estimate of drug-likeness (QED) is 0.680. The van der Waals surface area contributed by atoms with Crippen LogP contribution in [0.3, 0.4) is 0 Å². The molecule has 1 unspecified atom stereocenters. The van der Waals surface area contributed by atoms with Crippen molar-refractivity contribution in [2.24, 2.45) is 11.8 Å². The number of carbonyl (C=O) groups excluding carboxylic acids is 2. The summed E-state index contributed by atoms with van der Waals surface area (Å²) >= 11 is 0. The molecule has 2 N–H and O–H groups in total. The van der Waals surface area contributed by atoms with Crippen LogP contribution in [0.15, 0.2) is 0 Å². The Bertz CT molecular complexity index is 273. The summed E-state index contributed by atoms with van der Waals surface area (Å²) in [7, 11) is 1.35. The summed E-state index contributed by atoms with van der Waals surface area (Å²) in [6, 6.07) is -0.520. The van der Waals surface area contributed by atoms with Gasteiger partial charge in [-0.15, -0.1) is 0 Å². The van der Waals surface area contributed by atoms with Crippen molar-refractivity contribution in [2.45, 2.75) is 32.7 Å². The molecule has 0 spiro atoms. The highest BCUT2D eigenvalue weighted by atomic mass is 16.5. The highest BCUT2D eigenvalue weighted by Gasteiger charge is 2.28. The number of carbonyl (C=O) groups is 2. The van der Waals surface area contributed by atoms with Crippen LogP contribution >= 0.6 is 0 Å². The van der Waals surface area contributed by atoms with Gasteiger partial charge < -0.3 is 15.4 Å². The summed E-state index contributed by atoms with van der Waals surface area (Å²) in [6.45, 7) is 5.59. The predicted octanol–water partition coefficient (Wildman–Crippen LogP) is 0.300. The average molecular weight is 242 g/mol. The van der Waals surface area contributed by atoms with Gasteiger partial charge in [0.1, 0.15) is 6.04 Å². The van der Waals surface area contributed by atoms with Crippen molar-refractivity contribution in [2.75, 3.05) is 20.2 Å². The first kappa shape index (κ1) is 14.0. The van der Waals surface area contributed by atoms with Crippen molar-refractivity contribution in [3.63, 3.8) is 0 Å². The van der Waals surface area contributed by atoms with E-state index in [0.717, 1.165) is 13.0 Å². The first-order valence-electron chi connectivity index (χ1n) is 6.13. The maximum absolute atomic E-state index is 11.9. The van der Waals surface area contributed by atoms with Crippen LogP contribution in [0.1, 0.15) is 26.7 Å². The molecule has 0 radical (unpaired) electrons. The molecule has 0 aromatic carbocycles. The predicted molar refractivity (Wildman–Crippen MR) is 64.4 cm³/mol. The molecular formula is C12H22N2O3. The normalized spacial score (nSPS) is 21.3. The third kappa shape index (κ3) is 4.34. The number of hydrogen-bond donors (Lipinski definition) is 2. The van der Waals surface area contributed by atoms with Crippen LogP contribution in [-0.4, -0.2) is 38.1 Å². The van der Waals surface area contributed by atoms with Gasteiger partial charge >= 0.3 is 5.97 Å². The number of methoxy groups -OCH3 is 1. The van der Waals surface area contributed by atoms with Crippen LogP contribution in [0.2, 0.25) is 0 Å². The minimum atomic E-state index is -0.520. The smallest absolute Gasteiger partial charge is 0.328 e. The third-order valence-electron chi connectivity index (χ3n) is 2.94. The number of hydrogen-bond acceptors (Lipinski definition) is 4. The molecule has 1 fully saturated rings. The largest absolute Gasteiger partial charge is 0.467 e. The van der Waals surface area contributed by atoms with Crippen molar-refractivity contribution in [1.29, 1.82) is 0 Å². The molecule has 2 atom stereocenters. The van der Waals surface area contributed by atoms with Crippen LogP contribution in [0.4, 0.5) is 0 Å². The lowest BCUT2D eigenvalue weighted by molar-refractivity contribution is -0.146. The van der Waals surface area contributed by atoms with E-state index in [-0.39, 0.29) is 17.8 Å². The lowest BCUT2D eigenvalue weighted by atomic mass is 10.0. The zero-order valence-corrected chi connectivity index (χ0v) is 10.8. The highest BCUT2D eigenvalue weighted by molar-refractivity contribution is 5.86. The maximum Gasteiger partial charge on any atom is 0.328 e. The Hall–Kier alpha value is -1.10. The second-order valence-corrected chi connectivity index (χ2v) is 4.90. The van der Waals surface area contributed by atoms with E-state index in [1.165, 1.54) is 7.11 Å². The van der Waals surface area contributed by atoms with E-state index >= 15 is 0 Å². The molecule has 0 aliphatic carbocycles. The fourth-order valence-corrected chi connectivity index (χ4v) is 2.00. The van der Waals surface area contributed by atoms with E-state index in [4.69, 9.17) is 4.74 Å². The van der Waals surface area contributed by atoms with Gasteiger partial charge in [-0.1, -0.05) is 13.8 Å². The molecule has 5 heteroatoms. The number of esters is 1. The Morgan fingerprint density at radius 2 is 2.18 bits per heavy atom. The monoisotopic (exact) mass is 242 g/mol. The van der Waals surface area contributed by atoms with E-state index in [1.807, 2.05) is 13.8 Å². The Morgan fingerprint density at radius 3 is 2.65 bits per heavy atom. The van der Waals surface area contributed by atoms with Gasteiger partial charge in [0.15, 0.2) is 0 Å². The van der Waals surface area contributed by atoms with Crippen molar-refractivity contribution < 1.29 is 14.3 Å². The molecule has 0 saturated carbocycles. The summed E-state index contributed by atoms with van der Waals surface area (Å²) in [5, 5.41) is 5.92. The summed E-state index contributed by atoms with van der Waals surface area (Å²) < 4.78 is 4.71. The van der Waals surface area contributed by atoms with E-state index in [1.54, 1.807) is 0 Å². The molecular weight excluding hydrogens is 220 g/mol. The molecule has 1 saturated heterocycles. The van der Waals surface area contributed by atoms with E-state index in [9.17, 15) is 9.59 Å². The van der Waals surface area contributed by atoms with Gasteiger partial charge in [-0.05, 0) is 25.3 Å². The highest BCUT2D eigenvalue weighted by Crippen LogP contribution is 2.11. The maximum atomic E-state index is 11.9. The van der Waals surface area contributed by atoms with Crippen molar-refractivity contribution in [3.05, 3.63) is 0 Å². The number of rotatable bonds is 5. The summed E-state index contributed by atoms with van der Waals surface area (Å²) in [6.07, 6.45) is 1.44. The molecule has 1 aliphatic rings. The zero-order chi connectivity index (χ0) is 12.8. The fraction of sp³-hybridized carbons (Fsp3) is 0.833. The van der Waals surface area contributed by atoms with Gasteiger partial charge in [0.25, 0.3) is 0 Å². The van der Waals surface area contributed by atoms with Gasteiger partial charge in [-0.2, -0.15) is 0 Å². The molecule has 1 aliphatic heterocycles. The van der Waals surface area contributed by atoms with Gasteiger partial charge in [0, 0.05) is 6.54 Å². The molecule has 1 amide bonds. The lowest BCUT2D eigenvalue weighted by Crippen LogP contribution is -2.45. The molecule has 0 bridgehead atoms. The first-order chi connectivity index (χ1) is 8.04.